The van der Waals surface area contributed by atoms with Crippen molar-refractivity contribution in [3.63, 3.8) is 0 Å². The summed E-state index contributed by atoms with van der Waals surface area (Å²) >= 11 is 0. The molecule has 4 nitrogen and oxygen atoms in total. The number of carbonyl (C=O) groups is 1. The van der Waals surface area contributed by atoms with Gasteiger partial charge in [0, 0.05) is 33.9 Å². The molecule has 1 amide bonds. The second-order valence-corrected chi connectivity index (χ2v) is 9.55. The molecule has 0 aliphatic carbocycles. The molecule has 6 heteroatoms. The Morgan fingerprint density at radius 1 is 0.919 bits per heavy atom. The van der Waals surface area contributed by atoms with E-state index in [2.05, 4.69) is 41.6 Å². The van der Waals surface area contributed by atoms with E-state index in [0.717, 1.165) is 41.2 Å². The van der Waals surface area contributed by atoms with Gasteiger partial charge in [-0.25, -0.2) is 8.78 Å². The van der Waals surface area contributed by atoms with Crippen LogP contribution in [0.2, 0.25) is 0 Å². The number of hydrogen-bond donors (Lipinski definition) is 3. The number of H-pyrrole nitrogens is 1. The van der Waals surface area contributed by atoms with E-state index in [-0.39, 0.29) is 11.6 Å². The van der Waals surface area contributed by atoms with E-state index in [4.69, 9.17) is 0 Å². The van der Waals surface area contributed by atoms with E-state index >= 15 is 0 Å². The highest BCUT2D eigenvalue weighted by Gasteiger charge is 2.16. The molecule has 1 heterocycles. The zero-order valence-electron chi connectivity index (χ0n) is 21.8. The van der Waals surface area contributed by atoms with Gasteiger partial charge in [-0.05, 0) is 73.2 Å². The number of anilines is 3. The minimum Gasteiger partial charge on any atom is -0.357 e. The van der Waals surface area contributed by atoms with Gasteiger partial charge in [-0.1, -0.05) is 52.2 Å². The molecular weight excluding hydrogens is 468 g/mol. The lowest BCUT2D eigenvalue weighted by atomic mass is 9.89. The number of hydrogen-bond acceptors (Lipinski definition) is 2. The highest BCUT2D eigenvalue weighted by molar-refractivity contribution is 6.10. The van der Waals surface area contributed by atoms with E-state index in [1.807, 2.05) is 37.3 Å². The van der Waals surface area contributed by atoms with Crippen LogP contribution in [0.5, 0.6) is 0 Å². The van der Waals surface area contributed by atoms with Crippen molar-refractivity contribution in [3.05, 3.63) is 89.1 Å². The highest BCUT2D eigenvalue weighted by atomic mass is 19.1. The maximum absolute atomic E-state index is 14.1. The maximum atomic E-state index is 14.1. The third-order valence-corrected chi connectivity index (χ3v) is 6.87. The number of halogens is 2. The number of carbonyl (C=O) groups excluding carboxylic acids is 1. The SMILES string of the molecule is CCCCC(CCC)c1ccc(C(=O)Nc2c(CC)[nH]c3cc(Nc4ccc(F)cc4F)ccc23)cc1. The van der Waals surface area contributed by atoms with Crippen molar-refractivity contribution in [3.8, 4) is 0 Å². The topological polar surface area (TPSA) is 56.9 Å². The Balaban J connectivity index is 1.53. The number of aryl methyl sites for hydroxylation is 1. The van der Waals surface area contributed by atoms with Gasteiger partial charge in [0.15, 0.2) is 0 Å². The predicted molar refractivity (Wildman–Crippen MR) is 149 cm³/mol. The van der Waals surface area contributed by atoms with Gasteiger partial charge in [0.1, 0.15) is 11.6 Å². The van der Waals surface area contributed by atoms with Crippen LogP contribution in [0.3, 0.4) is 0 Å². The fourth-order valence-electron chi connectivity index (χ4n) is 4.85. The van der Waals surface area contributed by atoms with Gasteiger partial charge in [0.2, 0.25) is 0 Å². The second kappa shape index (κ2) is 12.0. The highest BCUT2D eigenvalue weighted by Crippen LogP contribution is 2.32. The minimum absolute atomic E-state index is 0.154. The molecule has 1 atom stereocenters. The number of benzene rings is 3. The summed E-state index contributed by atoms with van der Waals surface area (Å²) in [6.07, 6.45) is 6.58. The van der Waals surface area contributed by atoms with Crippen LogP contribution in [0, 0.1) is 11.6 Å². The Kier molecular flexibility index (Phi) is 8.59. The molecule has 0 saturated heterocycles. The molecule has 1 aromatic heterocycles. The largest absolute Gasteiger partial charge is 0.357 e. The third-order valence-electron chi connectivity index (χ3n) is 6.87. The first kappa shape index (κ1) is 26.4. The van der Waals surface area contributed by atoms with Crippen LogP contribution in [-0.2, 0) is 6.42 Å². The van der Waals surface area contributed by atoms with Crippen molar-refractivity contribution in [1.29, 1.82) is 0 Å². The number of rotatable bonds is 11. The summed E-state index contributed by atoms with van der Waals surface area (Å²) in [5, 5.41) is 6.96. The van der Waals surface area contributed by atoms with Crippen molar-refractivity contribution in [2.45, 2.75) is 65.2 Å². The van der Waals surface area contributed by atoms with E-state index in [0.29, 0.717) is 23.6 Å². The zero-order chi connectivity index (χ0) is 26.4. The standard InChI is InChI=1S/C31H35F2N3O/c1-4-7-9-20(8-5-2)21-10-12-22(13-11-21)31(37)36-30-25-16-15-24(19-29(25)35-27(30)6-3)34-28-17-14-23(32)18-26(28)33/h10-20,34-35H,4-9H2,1-3H3,(H,36,37). The number of unbranched alkanes of at least 4 members (excludes halogenated alkanes) is 1. The fourth-order valence-corrected chi connectivity index (χ4v) is 4.85. The third kappa shape index (κ3) is 6.19. The average Bonchev–Trinajstić information content (AvgIpc) is 3.24. The van der Waals surface area contributed by atoms with E-state index in [1.54, 1.807) is 0 Å². The summed E-state index contributed by atoms with van der Waals surface area (Å²) in [6, 6.07) is 17.0. The lowest BCUT2D eigenvalue weighted by Gasteiger charge is -2.17. The van der Waals surface area contributed by atoms with E-state index in [1.165, 1.54) is 37.0 Å². The molecular formula is C31H35F2N3O. The Labute approximate surface area is 217 Å². The number of aromatic nitrogens is 1. The van der Waals surface area contributed by atoms with Crippen molar-refractivity contribution in [2.24, 2.45) is 0 Å². The molecule has 4 aromatic rings. The molecule has 3 N–H and O–H groups in total. The molecule has 37 heavy (non-hydrogen) atoms. The first-order valence-electron chi connectivity index (χ1n) is 13.2. The van der Waals surface area contributed by atoms with Crippen LogP contribution in [-0.4, -0.2) is 10.9 Å². The summed E-state index contributed by atoms with van der Waals surface area (Å²) < 4.78 is 27.3. The normalized spacial score (nSPS) is 12.0. The van der Waals surface area contributed by atoms with Crippen molar-refractivity contribution >= 4 is 33.9 Å². The summed E-state index contributed by atoms with van der Waals surface area (Å²) in [6.45, 7) is 6.45. The number of fused-ring (bicyclic) bond motifs is 1. The Bertz CT molecular complexity index is 1360. The Morgan fingerprint density at radius 2 is 1.70 bits per heavy atom. The van der Waals surface area contributed by atoms with Crippen molar-refractivity contribution in [2.75, 3.05) is 10.6 Å². The van der Waals surface area contributed by atoms with Gasteiger partial charge in [-0.3, -0.25) is 4.79 Å². The molecule has 3 aromatic carbocycles. The molecule has 0 aliphatic rings. The smallest absolute Gasteiger partial charge is 0.255 e. The second-order valence-electron chi connectivity index (χ2n) is 9.55. The quantitative estimate of drug-likeness (QED) is 0.191. The molecule has 4 rings (SSSR count). The van der Waals surface area contributed by atoms with Gasteiger partial charge in [-0.15, -0.1) is 0 Å². The average molecular weight is 504 g/mol. The van der Waals surface area contributed by atoms with E-state index in [9.17, 15) is 13.6 Å². The number of nitrogens with one attached hydrogen (secondary N) is 3. The molecule has 194 valence electrons. The zero-order valence-corrected chi connectivity index (χ0v) is 21.8. The van der Waals surface area contributed by atoms with Crippen molar-refractivity contribution < 1.29 is 13.6 Å². The summed E-state index contributed by atoms with van der Waals surface area (Å²) in [5.41, 5.74) is 5.23. The van der Waals surface area contributed by atoms with Gasteiger partial charge in [0.25, 0.3) is 5.91 Å². The lowest BCUT2D eigenvalue weighted by Crippen LogP contribution is -2.13. The fraction of sp³-hybridized carbons (Fsp3) is 0.323. The van der Waals surface area contributed by atoms with Crippen LogP contribution in [0.1, 0.15) is 80.4 Å². The van der Waals surface area contributed by atoms with Crippen LogP contribution >= 0.6 is 0 Å². The molecule has 0 radical (unpaired) electrons. The predicted octanol–water partition coefficient (Wildman–Crippen LogP) is 9.08. The first-order chi connectivity index (χ1) is 17.9. The van der Waals surface area contributed by atoms with Gasteiger partial charge in [-0.2, -0.15) is 0 Å². The van der Waals surface area contributed by atoms with Gasteiger partial charge < -0.3 is 15.6 Å². The summed E-state index contributed by atoms with van der Waals surface area (Å²) in [5.74, 6) is -0.902. The Hall–Kier alpha value is -3.67. The van der Waals surface area contributed by atoms with Crippen LogP contribution < -0.4 is 10.6 Å². The van der Waals surface area contributed by atoms with Gasteiger partial charge in [0.05, 0.1) is 11.4 Å². The van der Waals surface area contributed by atoms with Crippen LogP contribution in [0.4, 0.5) is 25.8 Å². The molecule has 0 spiro atoms. The summed E-state index contributed by atoms with van der Waals surface area (Å²) in [7, 11) is 0. The van der Waals surface area contributed by atoms with E-state index < -0.39 is 11.6 Å². The first-order valence-corrected chi connectivity index (χ1v) is 13.2. The molecule has 1 unspecified atom stereocenters. The molecule has 0 aliphatic heterocycles. The van der Waals surface area contributed by atoms with Crippen molar-refractivity contribution in [1.82, 2.24) is 4.98 Å². The minimum atomic E-state index is -0.661. The van der Waals surface area contributed by atoms with Crippen LogP contribution in [0.25, 0.3) is 10.9 Å². The lowest BCUT2D eigenvalue weighted by molar-refractivity contribution is 0.102. The molecule has 0 bridgehead atoms. The maximum Gasteiger partial charge on any atom is 0.255 e. The number of amides is 1. The Morgan fingerprint density at radius 3 is 2.38 bits per heavy atom. The van der Waals surface area contributed by atoms with Crippen LogP contribution in [0.15, 0.2) is 60.7 Å². The van der Waals surface area contributed by atoms with Gasteiger partial charge >= 0.3 is 0 Å². The molecule has 0 saturated carbocycles. The monoisotopic (exact) mass is 503 g/mol. The number of aromatic amines is 1. The summed E-state index contributed by atoms with van der Waals surface area (Å²) in [4.78, 5) is 16.5. The molecule has 0 fully saturated rings.